The average molecular weight is 187 g/mol. The minimum Gasteiger partial charge on any atom is -0.381 e. The fraction of sp³-hybridized carbons (Fsp3) is 0.800. The van der Waals surface area contributed by atoms with Gasteiger partial charge in [-0.15, -0.1) is 0 Å². The first-order chi connectivity index (χ1) is 6.11. The summed E-state index contributed by atoms with van der Waals surface area (Å²) in [7, 11) is 3.94. The molecular formula is C10H21NO2. The maximum atomic E-state index is 5.39. The Kier molecular flexibility index (Phi) is 6.63. The van der Waals surface area contributed by atoms with Crippen LogP contribution >= 0.6 is 0 Å². The average Bonchev–Trinajstić information content (AvgIpc) is 2.05. The van der Waals surface area contributed by atoms with E-state index < -0.39 is 0 Å². The first-order valence-corrected chi connectivity index (χ1v) is 4.70. The highest BCUT2D eigenvalue weighted by atomic mass is 16.7. The molecule has 3 nitrogen and oxygen atoms in total. The summed E-state index contributed by atoms with van der Waals surface area (Å²) < 4.78 is 10.8. The van der Waals surface area contributed by atoms with Crippen molar-refractivity contribution in [1.82, 2.24) is 4.90 Å². The quantitative estimate of drug-likeness (QED) is 0.568. The summed E-state index contributed by atoms with van der Waals surface area (Å²) in [5.74, 6) is 0. The van der Waals surface area contributed by atoms with Gasteiger partial charge in [0.05, 0.1) is 0 Å². The molecule has 0 saturated carbocycles. The molecule has 0 heterocycles. The van der Waals surface area contributed by atoms with Gasteiger partial charge in [0, 0.05) is 39.4 Å². The molecule has 0 fully saturated rings. The predicted octanol–water partition coefficient (Wildman–Crippen LogP) is 1.85. The summed E-state index contributed by atoms with van der Waals surface area (Å²) >= 11 is 0. The van der Waals surface area contributed by atoms with Crippen LogP contribution in [0.1, 0.15) is 20.3 Å². The Balaban J connectivity index is 3.86. The van der Waals surface area contributed by atoms with Crippen molar-refractivity contribution < 1.29 is 9.47 Å². The Hall–Kier alpha value is -0.540. The molecule has 0 spiro atoms. The summed E-state index contributed by atoms with van der Waals surface area (Å²) in [6.07, 6.45) is 0.583. The summed E-state index contributed by atoms with van der Waals surface area (Å²) in [5, 5.41) is 0. The van der Waals surface area contributed by atoms with Gasteiger partial charge in [-0.1, -0.05) is 6.58 Å². The van der Waals surface area contributed by atoms with E-state index in [0.29, 0.717) is 13.2 Å². The van der Waals surface area contributed by atoms with Crippen LogP contribution in [0.2, 0.25) is 0 Å². The van der Waals surface area contributed by atoms with Crippen LogP contribution < -0.4 is 0 Å². The van der Waals surface area contributed by atoms with E-state index in [1.807, 2.05) is 32.8 Å². The molecule has 0 aromatic carbocycles. The van der Waals surface area contributed by atoms with E-state index in [1.165, 1.54) is 0 Å². The lowest BCUT2D eigenvalue weighted by Gasteiger charge is -2.22. The zero-order valence-electron chi connectivity index (χ0n) is 9.17. The Morgan fingerprint density at radius 3 is 2.00 bits per heavy atom. The zero-order chi connectivity index (χ0) is 10.3. The molecule has 0 saturated heterocycles. The van der Waals surface area contributed by atoms with Crippen molar-refractivity contribution in [2.24, 2.45) is 0 Å². The molecule has 0 aromatic rings. The van der Waals surface area contributed by atoms with E-state index >= 15 is 0 Å². The van der Waals surface area contributed by atoms with Crippen molar-refractivity contribution in [2.45, 2.75) is 26.6 Å². The lowest BCUT2D eigenvalue weighted by molar-refractivity contribution is -0.136. The molecule has 0 unspecified atom stereocenters. The fourth-order valence-electron chi connectivity index (χ4n) is 0.913. The highest BCUT2D eigenvalue weighted by Crippen LogP contribution is 2.09. The van der Waals surface area contributed by atoms with Crippen molar-refractivity contribution in [3.8, 4) is 0 Å². The Labute approximate surface area is 81.3 Å². The minimum atomic E-state index is -0.148. The molecule has 13 heavy (non-hydrogen) atoms. The number of hydrogen-bond donors (Lipinski definition) is 0. The monoisotopic (exact) mass is 187 g/mol. The van der Waals surface area contributed by atoms with Crippen LogP contribution in [0.3, 0.4) is 0 Å². The summed E-state index contributed by atoms with van der Waals surface area (Å²) in [4.78, 5) is 1.98. The smallest absolute Gasteiger partial charge is 0.162 e. The topological polar surface area (TPSA) is 21.7 Å². The molecule has 0 aliphatic carbocycles. The molecule has 0 bridgehead atoms. The van der Waals surface area contributed by atoms with Gasteiger partial charge in [-0.2, -0.15) is 0 Å². The van der Waals surface area contributed by atoms with Gasteiger partial charge in [0.15, 0.2) is 6.29 Å². The van der Waals surface area contributed by atoms with Crippen molar-refractivity contribution >= 4 is 0 Å². The maximum absolute atomic E-state index is 5.39. The second kappa shape index (κ2) is 6.92. The zero-order valence-corrected chi connectivity index (χ0v) is 9.17. The molecule has 0 rings (SSSR count). The van der Waals surface area contributed by atoms with E-state index in [2.05, 4.69) is 6.58 Å². The lowest BCUT2D eigenvalue weighted by atomic mass is 10.3. The van der Waals surface area contributed by atoms with Gasteiger partial charge in [-0.25, -0.2) is 0 Å². The van der Waals surface area contributed by atoms with E-state index in [9.17, 15) is 0 Å². The normalized spacial score (nSPS) is 10.5. The molecule has 0 aromatic heterocycles. The van der Waals surface area contributed by atoms with Gasteiger partial charge in [0.2, 0.25) is 0 Å². The fourth-order valence-corrected chi connectivity index (χ4v) is 0.913. The van der Waals surface area contributed by atoms with Crippen molar-refractivity contribution in [2.75, 3.05) is 27.3 Å². The van der Waals surface area contributed by atoms with Gasteiger partial charge in [-0.05, 0) is 13.8 Å². The molecular weight excluding hydrogens is 166 g/mol. The molecule has 0 radical (unpaired) electrons. The number of rotatable bonds is 7. The van der Waals surface area contributed by atoms with Crippen molar-refractivity contribution in [1.29, 1.82) is 0 Å². The third kappa shape index (κ3) is 5.66. The van der Waals surface area contributed by atoms with Crippen molar-refractivity contribution in [3.63, 3.8) is 0 Å². The third-order valence-corrected chi connectivity index (χ3v) is 1.74. The van der Waals surface area contributed by atoms with E-state index in [-0.39, 0.29) is 6.29 Å². The van der Waals surface area contributed by atoms with Gasteiger partial charge < -0.3 is 14.4 Å². The van der Waals surface area contributed by atoms with Gasteiger partial charge in [0.1, 0.15) is 0 Å². The van der Waals surface area contributed by atoms with Crippen molar-refractivity contribution in [3.05, 3.63) is 12.3 Å². The van der Waals surface area contributed by atoms with E-state index in [4.69, 9.17) is 9.47 Å². The van der Waals surface area contributed by atoms with Gasteiger partial charge in [0.25, 0.3) is 0 Å². The molecule has 0 aliphatic heterocycles. The Morgan fingerprint density at radius 2 is 1.69 bits per heavy atom. The molecule has 0 N–H and O–H groups in total. The molecule has 0 aliphatic rings. The van der Waals surface area contributed by atoms with Gasteiger partial charge in [-0.3, -0.25) is 0 Å². The largest absolute Gasteiger partial charge is 0.381 e. The minimum absolute atomic E-state index is 0.148. The van der Waals surface area contributed by atoms with Gasteiger partial charge >= 0.3 is 0 Å². The molecule has 0 atom stereocenters. The first kappa shape index (κ1) is 12.5. The number of nitrogens with zero attached hydrogens (tertiary/aromatic N) is 1. The van der Waals surface area contributed by atoms with Crippen LogP contribution in [-0.4, -0.2) is 38.5 Å². The lowest BCUT2D eigenvalue weighted by Crippen LogP contribution is -2.22. The predicted molar refractivity (Wildman–Crippen MR) is 54.5 cm³/mol. The second-order valence-corrected chi connectivity index (χ2v) is 3.01. The maximum Gasteiger partial charge on any atom is 0.162 e. The standard InChI is InChI=1S/C10H21NO2/c1-6-12-10(13-7-2)8-9(3)11(4)5/h10H,3,6-8H2,1-2,4-5H3. The van der Waals surface area contributed by atoms with Crippen LogP contribution in [0.4, 0.5) is 0 Å². The molecule has 78 valence electrons. The summed E-state index contributed by atoms with van der Waals surface area (Å²) in [6, 6.07) is 0. The third-order valence-electron chi connectivity index (χ3n) is 1.74. The highest BCUT2D eigenvalue weighted by molar-refractivity contribution is 4.91. The Morgan fingerprint density at radius 1 is 1.23 bits per heavy atom. The van der Waals surface area contributed by atoms with Crippen LogP contribution in [0.15, 0.2) is 12.3 Å². The number of hydrogen-bond acceptors (Lipinski definition) is 3. The summed E-state index contributed by atoms with van der Waals surface area (Å²) in [6.45, 7) is 9.19. The van der Waals surface area contributed by atoms with Crippen LogP contribution in [0.5, 0.6) is 0 Å². The first-order valence-electron chi connectivity index (χ1n) is 4.70. The summed E-state index contributed by atoms with van der Waals surface area (Å²) in [5.41, 5.74) is 1.02. The van der Waals surface area contributed by atoms with Crippen LogP contribution in [0, 0.1) is 0 Å². The highest BCUT2D eigenvalue weighted by Gasteiger charge is 2.10. The van der Waals surface area contributed by atoms with E-state index in [1.54, 1.807) is 0 Å². The molecule has 0 amide bonds. The van der Waals surface area contributed by atoms with Crippen LogP contribution in [0.25, 0.3) is 0 Å². The SMILES string of the molecule is C=C(CC(OCC)OCC)N(C)C. The molecule has 3 heteroatoms. The van der Waals surface area contributed by atoms with E-state index in [0.717, 1.165) is 12.1 Å². The number of ether oxygens (including phenoxy) is 2. The second-order valence-electron chi connectivity index (χ2n) is 3.01. The Bertz CT molecular complexity index is 140. The van der Waals surface area contributed by atoms with Crippen LogP contribution in [-0.2, 0) is 9.47 Å².